The van der Waals surface area contributed by atoms with E-state index < -0.39 is 9.84 Å². The van der Waals surface area contributed by atoms with Crippen LogP contribution >= 0.6 is 0 Å². The van der Waals surface area contributed by atoms with Crippen molar-refractivity contribution in [3.63, 3.8) is 0 Å². The first-order valence-electron chi connectivity index (χ1n) is 8.18. The SMILES string of the molecule is CC(C)(C)c1ccc2c(c1)CCN(c1ncccc1S(C)(=O)=O)C2. The van der Waals surface area contributed by atoms with Gasteiger partial charge in [-0.1, -0.05) is 39.0 Å². The number of nitrogens with zero attached hydrogens (tertiary/aromatic N) is 2. The van der Waals surface area contributed by atoms with E-state index in [9.17, 15) is 8.42 Å². The first-order chi connectivity index (χ1) is 11.2. The van der Waals surface area contributed by atoms with Crippen molar-refractivity contribution in [3.8, 4) is 0 Å². The fourth-order valence-corrected chi connectivity index (χ4v) is 3.95. The minimum Gasteiger partial charge on any atom is -0.351 e. The molecule has 128 valence electrons. The molecule has 5 heteroatoms. The summed E-state index contributed by atoms with van der Waals surface area (Å²) in [7, 11) is -3.29. The number of hydrogen-bond acceptors (Lipinski definition) is 4. The van der Waals surface area contributed by atoms with E-state index in [1.54, 1.807) is 18.3 Å². The summed E-state index contributed by atoms with van der Waals surface area (Å²) >= 11 is 0. The molecule has 0 amide bonds. The molecule has 0 atom stereocenters. The molecular weight excluding hydrogens is 320 g/mol. The summed E-state index contributed by atoms with van der Waals surface area (Å²) in [5.41, 5.74) is 4.08. The predicted octanol–water partition coefficient (Wildman–Crippen LogP) is 3.35. The number of hydrogen-bond donors (Lipinski definition) is 0. The molecular formula is C19H24N2O2S. The molecule has 0 saturated heterocycles. The average molecular weight is 344 g/mol. The summed E-state index contributed by atoms with van der Waals surface area (Å²) in [5.74, 6) is 0.561. The highest BCUT2D eigenvalue weighted by Gasteiger charge is 2.24. The van der Waals surface area contributed by atoms with Crippen molar-refractivity contribution in [1.82, 2.24) is 4.98 Å². The van der Waals surface area contributed by atoms with E-state index in [1.807, 2.05) is 0 Å². The lowest BCUT2D eigenvalue weighted by Gasteiger charge is -2.32. The maximum absolute atomic E-state index is 12.0. The van der Waals surface area contributed by atoms with Crippen molar-refractivity contribution in [2.24, 2.45) is 0 Å². The molecule has 4 nitrogen and oxygen atoms in total. The zero-order valence-corrected chi connectivity index (χ0v) is 15.5. The molecule has 24 heavy (non-hydrogen) atoms. The first-order valence-corrected chi connectivity index (χ1v) is 10.1. The monoisotopic (exact) mass is 344 g/mol. The fourth-order valence-electron chi connectivity index (χ4n) is 3.11. The zero-order valence-electron chi connectivity index (χ0n) is 14.7. The first kappa shape index (κ1) is 17.0. The summed E-state index contributed by atoms with van der Waals surface area (Å²) in [6.45, 7) is 8.13. The quantitative estimate of drug-likeness (QED) is 0.838. The van der Waals surface area contributed by atoms with Crippen LogP contribution in [-0.2, 0) is 28.2 Å². The Morgan fingerprint density at radius 1 is 1.12 bits per heavy atom. The molecule has 0 spiro atoms. The second kappa shape index (κ2) is 5.88. The van der Waals surface area contributed by atoms with Crippen LogP contribution in [0.5, 0.6) is 0 Å². The van der Waals surface area contributed by atoms with E-state index in [2.05, 4.69) is 48.9 Å². The molecule has 1 aromatic heterocycles. The van der Waals surface area contributed by atoms with Crippen LogP contribution in [0.15, 0.2) is 41.4 Å². The highest BCUT2D eigenvalue weighted by molar-refractivity contribution is 7.90. The Morgan fingerprint density at radius 3 is 2.54 bits per heavy atom. The van der Waals surface area contributed by atoms with Crippen LogP contribution in [0.4, 0.5) is 5.82 Å². The van der Waals surface area contributed by atoms with Crippen LogP contribution in [0.1, 0.15) is 37.5 Å². The van der Waals surface area contributed by atoms with Gasteiger partial charge >= 0.3 is 0 Å². The molecule has 1 aromatic carbocycles. The number of rotatable bonds is 2. The molecule has 1 aliphatic heterocycles. The van der Waals surface area contributed by atoms with E-state index in [4.69, 9.17) is 0 Å². The van der Waals surface area contributed by atoms with E-state index in [1.165, 1.54) is 22.9 Å². The summed E-state index contributed by atoms with van der Waals surface area (Å²) in [6.07, 6.45) is 3.79. The lowest BCUT2D eigenvalue weighted by Crippen LogP contribution is -2.32. The molecule has 0 fully saturated rings. The molecule has 2 aromatic rings. The topological polar surface area (TPSA) is 50.3 Å². The maximum Gasteiger partial charge on any atom is 0.179 e. The van der Waals surface area contributed by atoms with Gasteiger partial charge in [0.1, 0.15) is 10.7 Å². The molecule has 0 aliphatic carbocycles. The van der Waals surface area contributed by atoms with Crippen LogP contribution < -0.4 is 4.90 Å². The number of anilines is 1. The normalized spacial score (nSPS) is 15.2. The third kappa shape index (κ3) is 3.31. The van der Waals surface area contributed by atoms with E-state index >= 15 is 0 Å². The van der Waals surface area contributed by atoms with Crippen LogP contribution in [0.25, 0.3) is 0 Å². The van der Waals surface area contributed by atoms with Crippen LogP contribution in [0.3, 0.4) is 0 Å². The number of aromatic nitrogens is 1. The van der Waals surface area contributed by atoms with Crippen molar-refractivity contribution in [1.29, 1.82) is 0 Å². The highest BCUT2D eigenvalue weighted by Crippen LogP contribution is 2.31. The van der Waals surface area contributed by atoms with Crippen molar-refractivity contribution < 1.29 is 8.42 Å². The van der Waals surface area contributed by atoms with Gasteiger partial charge in [-0.2, -0.15) is 0 Å². The Bertz CT molecular complexity index is 867. The third-order valence-electron chi connectivity index (χ3n) is 4.53. The van der Waals surface area contributed by atoms with Gasteiger partial charge in [0, 0.05) is 25.5 Å². The van der Waals surface area contributed by atoms with E-state index in [0.717, 1.165) is 13.0 Å². The van der Waals surface area contributed by atoms with Gasteiger partial charge < -0.3 is 4.90 Å². The number of sulfone groups is 1. The van der Waals surface area contributed by atoms with Gasteiger partial charge in [-0.25, -0.2) is 13.4 Å². The largest absolute Gasteiger partial charge is 0.351 e. The van der Waals surface area contributed by atoms with Crippen LogP contribution in [0, 0.1) is 0 Å². The number of benzene rings is 1. The molecule has 3 rings (SSSR count). The Hall–Kier alpha value is -1.88. The van der Waals surface area contributed by atoms with Crippen molar-refractivity contribution >= 4 is 15.7 Å². The standard InChI is InChI=1S/C19H24N2O2S/c1-19(2,3)16-8-7-15-13-21(11-9-14(15)12-16)18-17(24(4,22)23)6-5-10-20-18/h5-8,10,12H,9,11,13H2,1-4H3. The minimum atomic E-state index is -3.29. The lowest BCUT2D eigenvalue weighted by molar-refractivity contribution is 0.586. The Kier molecular flexibility index (Phi) is 4.16. The smallest absolute Gasteiger partial charge is 0.179 e. The fraction of sp³-hybridized carbons (Fsp3) is 0.421. The van der Waals surface area contributed by atoms with Gasteiger partial charge in [-0.05, 0) is 40.7 Å². The van der Waals surface area contributed by atoms with Gasteiger partial charge in [-0.3, -0.25) is 0 Å². The second-order valence-electron chi connectivity index (χ2n) is 7.50. The summed E-state index contributed by atoms with van der Waals surface area (Å²) in [5, 5.41) is 0. The Labute approximate surface area is 144 Å². The second-order valence-corrected chi connectivity index (χ2v) is 9.49. The predicted molar refractivity (Wildman–Crippen MR) is 97.2 cm³/mol. The maximum atomic E-state index is 12.0. The zero-order chi connectivity index (χ0) is 17.5. The molecule has 0 saturated carbocycles. The summed E-state index contributed by atoms with van der Waals surface area (Å²) in [4.78, 5) is 6.72. The Morgan fingerprint density at radius 2 is 1.88 bits per heavy atom. The molecule has 0 unspecified atom stereocenters. The summed E-state index contributed by atoms with van der Waals surface area (Å²) < 4.78 is 24.1. The molecule has 1 aliphatic rings. The van der Waals surface area contributed by atoms with Crippen LogP contribution in [-0.4, -0.2) is 26.2 Å². The van der Waals surface area contributed by atoms with E-state index in [-0.39, 0.29) is 5.41 Å². The third-order valence-corrected chi connectivity index (χ3v) is 5.65. The molecule has 0 radical (unpaired) electrons. The minimum absolute atomic E-state index is 0.136. The van der Waals surface area contributed by atoms with Crippen molar-refractivity contribution in [2.45, 2.75) is 44.0 Å². The number of pyridine rings is 1. The molecule has 0 bridgehead atoms. The van der Waals surface area contributed by atoms with Gasteiger partial charge in [0.05, 0.1) is 0 Å². The van der Waals surface area contributed by atoms with Gasteiger partial charge in [0.15, 0.2) is 9.84 Å². The van der Waals surface area contributed by atoms with Crippen molar-refractivity contribution in [2.75, 3.05) is 17.7 Å². The van der Waals surface area contributed by atoms with Crippen molar-refractivity contribution in [3.05, 3.63) is 53.2 Å². The van der Waals surface area contributed by atoms with Gasteiger partial charge in [0.25, 0.3) is 0 Å². The molecule has 2 heterocycles. The summed E-state index contributed by atoms with van der Waals surface area (Å²) in [6, 6.07) is 9.95. The van der Waals surface area contributed by atoms with Gasteiger partial charge in [-0.15, -0.1) is 0 Å². The van der Waals surface area contributed by atoms with E-state index in [0.29, 0.717) is 17.3 Å². The Balaban J connectivity index is 1.95. The van der Waals surface area contributed by atoms with Gasteiger partial charge in [0.2, 0.25) is 0 Å². The highest BCUT2D eigenvalue weighted by atomic mass is 32.2. The number of fused-ring (bicyclic) bond motifs is 1. The lowest BCUT2D eigenvalue weighted by atomic mass is 9.84. The average Bonchev–Trinajstić information content (AvgIpc) is 2.52. The molecule has 0 N–H and O–H groups in total. The van der Waals surface area contributed by atoms with Crippen LogP contribution in [0.2, 0.25) is 0 Å².